The molecule has 1 fully saturated rings. The monoisotopic (exact) mass is 275 g/mol. The molecule has 1 unspecified atom stereocenters. The summed E-state index contributed by atoms with van der Waals surface area (Å²) in [6, 6.07) is 7.93. The average molecular weight is 275 g/mol. The maximum atomic E-state index is 12.5. The van der Waals surface area contributed by atoms with Gasteiger partial charge in [0.05, 0.1) is 11.2 Å². The third-order valence-electron chi connectivity index (χ3n) is 3.69. The van der Waals surface area contributed by atoms with Crippen LogP contribution >= 0.6 is 11.8 Å². The summed E-state index contributed by atoms with van der Waals surface area (Å²) in [5.74, 6) is 2.22. The molecule has 1 amide bonds. The number of para-hydroxylation sites is 1. The van der Waals surface area contributed by atoms with Gasteiger partial charge in [0.2, 0.25) is 0 Å². The number of fused-ring (bicyclic) bond motifs is 1. The van der Waals surface area contributed by atoms with Crippen molar-refractivity contribution >= 4 is 34.3 Å². The van der Waals surface area contributed by atoms with Gasteiger partial charge in [-0.15, -0.1) is 0 Å². The number of H-pyrrole nitrogens is 1. The summed E-state index contributed by atoms with van der Waals surface area (Å²) in [4.78, 5) is 17.5. The Labute approximate surface area is 116 Å². The summed E-state index contributed by atoms with van der Waals surface area (Å²) in [6.45, 7) is 0. The minimum absolute atomic E-state index is 0.0445. The van der Waals surface area contributed by atoms with E-state index in [1.807, 2.05) is 48.0 Å². The highest BCUT2D eigenvalue weighted by molar-refractivity contribution is 7.99. The van der Waals surface area contributed by atoms with Gasteiger partial charge in [0.15, 0.2) is 0 Å². The largest absolute Gasteiger partial charge is 0.397 e. The van der Waals surface area contributed by atoms with Crippen LogP contribution in [0.2, 0.25) is 0 Å². The van der Waals surface area contributed by atoms with Gasteiger partial charge in [-0.05, 0) is 24.3 Å². The van der Waals surface area contributed by atoms with E-state index in [0.29, 0.717) is 17.4 Å². The van der Waals surface area contributed by atoms with Crippen LogP contribution in [0, 0.1) is 0 Å². The normalized spacial score (nSPS) is 18.9. The molecule has 100 valence electrons. The number of thioether (sulfide) groups is 1. The Kier molecular flexibility index (Phi) is 3.14. The number of benzene rings is 1. The highest BCUT2D eigenvalue weighted by Crippen LogP contribution is 2.25. The van der Waals surface area contributed by atoms with Crippen molar-refractivity contribution in [3.05, 3.63) is 30.0 Å². The number of anilines is 1. The van der Waals surface area contributed by atoms with Crippen LogP contribution in [0.4, 0.5) is 5.69 Å². The van der Waals surface area contributed by atoms with E-state index in [4.69, 9.17) is 5.73 Å². The van der Waals surface area contributed by atoms with Crippen LogP contribution in [0.25, 0.3) is 10.9 Å². The molecule has 2 heterocycles. The minimum atomic E-state index is 0.0445. The maximum Gasteiger partial charge on any atom is 0.270 e. The van der Waals surface area contributed by atoms with Crippen molar-refractivity contribution in [3.63, 3.8) is 0 Å². The van der Waals surface area contributed by atoms with Crippen LogP contribution in [0.5, 0.6) is 0 Å². The van der Waals surface area contributed by atoms with E-state index in [2.05, 4.69) is 4.98 Å². The molecule has 0 bridgehead atoms. The number of amides is 1. The molecule has 1 saturated heterocycles. The van der Waals surface area contributed by atoms with E-state index >= 15 is 0 Å². The smallest absolute Gasteiger partial charge is 0.270 e. The summed E-state index contributed by atoms with van der Waals surface area (Å²) in [5, 5.41) is 0.984. The quantitative estimate of drug-likeness (QED) is 0.827. The van der Waals surface area contributed by atoms with Crippen LogP contribution in [0.15, 0.2) is 24.3 Å². The van der Waals surface area contributed by atoms with Gasteiger partial charge in [0.1, 0.15) is 5.69 Å². The van der Waals surface area contributed by atoms with Gasteiger partial charge in [-0.1, -0.05) is 12.1 Å². The minimum Gasteiger partial charge on any atom is -0.397 e. The molecule has 0 aliphatic carbocycles. The molecular weight excluding hydrogens is 258 g/mol. The Morgan fingerprint density at radius 3 is 3.05 bits per heavy atom. The second-order valence-electron chi connectivity index (χ2n) is 4.93. The number of rotatable bonds is 2. The molecule has 3 N–H and O–H groups in total. The Morgan fingerprint density at radius 2 is 2.37 bits per heavy atom. The first-order chi connectivity index (χ1) is 9.16. The number of carbonyl (C=O) groups excluding carboxylic acids is 1. The Hall–Kier alpha value is -1.62. The first kappa shape index (κ1) is 12.4. The van der Waals surface area contributed by atoms with Crippen molar-refractivity contribution < 1.29 is 4.79 Å². The average Bonchev–Trinajstić information content (AvgIpc) is 3.06. The van der Waals surface area contributed by atoms with Crippen LogP contribution in [-0.2, 0) is 0 Å². The molecule has 1 atom stereocenters. The lowest BCUT2D eigenvalue weighted by atomic mass is 10.2. The molecule has 1 aromatic carbocycles. The van der Waals surface area contributed by atoms with Crippen molar-refractivity contribution in [2.75, 3.05) is 24.3 Å². The molecule has 4 nitrogen and oxygen atoms in total. The Morgan fingerprint density at radius 1 is 1.53 bits per heavy atom. The maximum absolute atomic E-state index is 12.5. The third-order valence-corrected chi connectivity index (χ3v) is 4.84. The predicted octanol–water partition coefficient (Wildman–Crippen LogP) is 2.33. The van der Waals surface area contributed by atoms with Crippen molar-refractivity contribution in [2.24, 2.45) is 0 Å². The van der Waals surface area contributed by atoms with Crippen LogP contribution < -0.4 is 5.73 Å². The molecule has 1 aliphatic heterocycles. The molecule has 0 spiro atoms. The number of nitrogens with one attached hydrogen (secondary N) is 1. The van der Waals surface area contributed by atoms with Gasteiger partial charge in [-0.3, -0.25) is 4.79 Å². The number of nitrogens with zero attached hydrogens (tertiary/aromatic N) is 1. The van der Waals surface area contributed by atoms with Crippen molar-refractivity contribution in [3.8, 4) is 0 Å². The topological polar surface area (TPSA) is 62.1 Å². The highest BCUT2D eigenvalue weighted by atomic mass is 32.2. The van der Waals surface area contributed by atoms with E-state index in [-0.39, 0.29) is 5.91 Å². The molecule has 2 aromatic rings. The summed E-state index contributed by atoms with van der Waals surface area (Å²) in [7, 11) is 1.88. The molecule has 0 radical (unpaired) electrons. The Bertz CT molecular complexity index is 616. The van der Waals surface area contributed by atoms with Gasteiger partial charge in [-0.25, -0.2) is 0 Å². The fourth-order valence-corrected chi connectivity index (χ4v) is 3.75. The highest BCUT2D eigenvalue weighted by Gasteiger charge is 2.25. The van der Waals surface area contributed by atoms with E-state index in [0.717, 1.165) is 28.8 Å². The number of nitrogen functional groups attached to an aromatic ring is 1. The molecule has 3 rings (SSSR count). The first-order valence-electron chi connectivity index (χ1n) is 6.39. The van der Waals surface area contributed by atoms with Crippen LogP contribution in [0.1, 0.15) is 16.9 Å². The van der Waals surface area contributed by atoms with Crippen LogP contribution in [0.3, 0.4) is 0 Å². The van der Waals surface area contributed by atoms with Gasteiger partial charge in [-0.2, -0.15) is 11.8 Å². The van der Waals surface area contributed by atoms with Gasteiger partial charge >= 0.3 is 0 Å². The number of aromatic nitrogens is 1. The molecule has 1 aliphatic rings. The zero-order chi connectivity index (χ0) is 13.4. The number of carbonyl (C=O) groups is 1. The SMILES string of the molecule is CN(C(=O)c1cc2cccc(N)c2[nH]1)C1CCSC1. The first-order valence-corrected chi connectivity index (χ1v) is 7.54. The number of hydrogen-bond acceptors (Lipinski definition) is 3. The fourth-order valence-electron chi connectivity index (χ4n) is 2.48. The van der Waals surface area contributed by atoms with E-state index < -0.39 is 0 Å². The second-order valence-corrected chi connectivity index (χ2v) is 6.08. The van der Waals surface area contributed by atoms with Gasteiger partial charge in [0.25, 0.3) is 5.91 Å². The number of nitrogens with two attached hydrogens (primary N) is 1. The predicted molar refractivity (Wildman–Crippen MR) is 80.5 cm³/mol. The van der Waals surface area contributed by atoms with Crippen LogP contribution in [-0.4, -0.2) is 40.4 Å². The fraction of sp³-hybridized carbons (Fsp3) is 0.357. The lowest BCUT2D eigenvalue weighted by Gasteiger charge is -2.23. The third kappa shape index (κ3) is 2.18. The zero-order valence-corrected chi connectivity index (χ0v) is 11.7. The van der Waals surface area contributed by atoms with Crippen molar-refractivity contribution in [2.45, 2.75) is 12.5 Å². The summed E-state index contributed by atoms with van der Waals surface area (Å²) in [6.07, 6.45) is 1.08. The van der Waals surface area contributed by atoms with Gasteiger partial charge in [0, 0.05) is 24.2 Å². The summed E-state index contributed by atoms with van der Waals surface area (Å²) < 4.78 is 0. The number of aromatic amines is 1. The molecular formula is C14H17N3OS. The molecule has 19 heavy (non-hydrogen) atoms. The summed E-state index contributed by atoms with van der Waals surface area (Å²) >= 11 is 1.91. The summed E-state index contributed by atoms with van der Waals surface area (Å²) in [5.41, 5.74) is 8.05. The Balaban J connectivity index is 1.90. The number of hydrogen-bond donors (Lipinski definition) is 2. The van der Waals surface area contributed by atoms with Gasteiger partial charge < -0.3 is 15.6 Å². The second kappa shape index (κ2) is 4.81. The van der Waals surface area contributed by atoms with E-state index in [9.17, 15) is 4.79 Å². The zero-order valence-electron chi connectivity index (χ0n) is 10.8. The molecule has 0 saturated carbocycles. The lowest BCUT2D eigenvalue weighted by molar-refractivity contribution is 0.0743. The standard InChI is InChI=1S/C14H17N3OS/c1-17(10-5-6-19-8-10)14(18)12-7-9-3-2-4-11(15)13(9)16-12/h2-4,7,10,16H,5-6,8,15H2,1H3. The molecule has 5 heteroatoms. The molecule has 1 aromatic heterocycles. The van der Waals surface area contributed by atoms with E-state index in [1.165, 1.54) is 0 Å². The van der Waals surface area contributed by atoms with Crippen molar-refractivity contribution in [1.29, 1.82) is 0 Å². The van der Waals surface area contributed by atoms with E-state index in [1.54, 1.807) is 0 Å². The lowest BCUT2D eigenvalue weighted by Crippen LogP contribution is -2.37. The van der Waals surface area contributed by atoms with Crippen molar-refractivity contribution in [1.82, 2.24) is 9.88 Å².